The van der Waals surface area contributed by atoms with Gasteiger partial charge >= 0.3 is 5.97 Å². The van der Waals surface area contributed by atoms with E-state index in [2.05, 4.69) is 5.43 Å². The third kappa shape index (κ3) is 5.01. The minimum atomic E-state index is -0.447. The van der Waals surface area contributed by atoms with Gasteiger partial charge < -0.3 is 4.74 Å². The van der Waals surface area contributed by atoms with Crippen molar-refractivity contribution < 1.29 is 14.3 Å². The Balaban J connectivity index is 1.98. The molecule has 0 aromatic heterocycles. The van der Waals surface area contributed by atoms with Crippen LogP contribution < -0.4 is 11.3 Å². The molecule has 0 unspecified atom stereocenters. The first-order valence-electron chi connectivity index (χ1n) is 7.93. The molecule has 24 heavy (non-hydrogen) atoms. The minimum absolute atomic E-state index is 0.00485. The standard InChI is InChI=1S/C19H22N2O3/c1-2-24-19(23)16-10-8-15(9-11-16)13-18(22)17(21-20)12-14-6-4-3-5-7-14/h3-11,17,21H,2,12-13,20H2,1H3/t17-/m0/s1. The molecule has 5 nitrogen and oxygen atoms in total. The summed E-state index contributed by atoms with van der Waals surface area (Å²) in [7, 11) is 0. The van der Waals surface area contributed by atoms with Crippen molar-refractivity contribution in [2.75, 3.05) is 6.61 Å². The van der Waals surface area contributed by atoms with Crippen molar-refractivity contribution in [3.8, 4) is 0 Å². The Labute approximate surface area is 141 Å². The Kier molecular flexibility index (Phi) is 6.66. The van der Waals surface area contributed by atoms with Crippen molar-refractivity contribution in [1.82, 2.24) is 5.43 Å². The van der Waals surface area contributed by atoms with Crippen LogP contribution in [0.25, 0.3) is 0 Å². The predicted octanol–water partition coefficient (Wildman–Crippen LogP) is 2.05. The van der Waals surface area contributed by atoms with Crippen LogP contribution >= 0.6 is 0 Å². The van der Waals surface area contributed by atoms with Gasteiger partial charge in [0.2, 0.25) is 0 Å². The van der Waals surface area contributed by atoms with Crippen molar-refractivity contribution in [1.29, 1.82) is 0 Å². The highest BCUT2D eigenvalue weighted by Crippen LogP contribution is 2.10. The molecule has 2 aromatic carbocycles. The first kappa shape index (κ1) is 17.8. The van der Waals surface area contributed by atoms with Crippen molar-refractivity contribution in [2.24, 2.45) is 5.84 Å². The number of ether oxygens (including phenoxy) is 1. The summed E-state index contributed by atoms with van der Waals surface area (Å²) in [5, 5.41) is 0. The molecule has 126 valence electrons. The fraction of sp³-hybridized carbons (Fsp3) is 0.263. The van der Waals surface area contributed by atoms with Crippen LogP contribution in [0.15, 0.2) is 54.6 Å². The second-order valence-electron chi connectivity index (χ2n) is 5.47. The first-order valence-corrected chi connectivity index (χ1v) is 7.93. The Morgan fingerprint density at radius 2 is 1.71 bits per heavy atom. The number of rotatable bonds is 8. The fourth-order valence-corrected chi connectivity index (χ4v) is 2.41. The molecule has 0 spiro atoms. The Hall–Kier alpha value is -2.50. The normalized spacial score (nSPS) is 11.8. The van der Waals surface area contributed by atoms with Gasteiger partial charge in [0.05, 0.1) is 18.2 Å². The number of carbonyl (C=O) groups is 2. The lowest BCUT2D eigenvalue weighted by Gasteiger charge is -2.15. The minimum Gasteiger partial charge on any atom is -0.462 e. The van der Waals surface area contributed by atoms with E-state index in [1.165, 1.54) is 0 Å². The molecule has 0 saturated carbocycles. The highest BCUT2D eigenvalue weighted by molar-refractivity contribution is 5.90. The van der Waals surface area contributed by atoms with Crippen molar-refractivity contribution >= 4 is 11.8 Å². The largest absolute Gasteiger partial charge is 0.462 e. The van der Waals surface area contributed by atoms with E-state index in [4.69, 9.17) is 10.6 Å². The lowest BCUT2D eigenvalue weighted by molar-refractivity contribution is -0.120. The van der Waals surface area contributed by atoms with Gasteiger partial charge in [-0.3, -0.25) is 10.6 Å². The van der Waals surface area contributed by atoms with Gasteiger partial charge in [-0.05, 0) is 36.6 Å². The number of hydrogen-bond donors (Lipinski definition) is 2. The first-order chi connectivity index (χ1) is 11.6. The monoisotopic (exact) mass is 326 g/mol. The summed E-state index contributed by atoms with van der Waals surface area (Å²) in [6, 6.07) is 16.1. The smallest absolute Gasteiger partial charge is 0.338 e. The van der Waals surface area contributed by atoms with E-state index in [1.54, 1.807) is 31.2 Å². The summed E-state index contributed by atoms with van der Waals surface area (Å²) in [4.78, 5) is 24.1. The molecule has 1 atom stereocenters. The fourth-order valence-electron chi connectivity index (χ4n) is 2.41. The summed E-state index contributed by atoms with van der Waals surface area (Å²) in [6.45, 7) is 2.10. The van der Waals surface area contributed by atoms with Crippen molar-refractivity contribution in [3.63, 3.8) is 0 Å². The molecule has 0 aliphatic heterocycles. The number of Topliss-reactive ketones (excluding diaryl/α,β-unsaturated/α-hetero) is 1. The summed E-state index contributed by atoms with van der Waals surface area (Å²) in [5.41, 5.74) is 4.95. The molecule has 0 bridgehead atoms. The van der Waals surface area contributed by atoms with Crippen LogP contribution in [0, 0.1) is 0 Å². The molecule has 0 fully saturated rings. The molecule has 3 N–H and O–H groups in total. The summed E-state index contributed by atoms with van der Waals surface area (Å²) in [6.07, 6.45) is 0.794. The number of carbonyl (C=O) groups excluding carboxylic acids is 2. The molecule has 0 aliphatic rings. The second kappa shape index (κ2) is 8.96. The van der Waals surface area contributed by atoms with Gasteiger partial charge in [0.1, 0.15) is 0 Å². The molecule has 0 heterocycles. The van der Waals surface area contributed by atoms with Crippen LogP contribution in [0.4, 0.5) is 0 Å². The van der Waals surface area contributed by atoms with E-state index in [0.717, 1.165) is 11.1 Å². The van der Waals surface area contributed by atoms with Crippen molar-refractivity contribution in [2.45, 2.75) is 25.8 Å². The maximum absolute atomic E-state index is 12.4. The molecule has 2 aromatic rings. The summed E-state index contributed by atoms with van der Waals surface area (Å²) >= 11 is 0. The highest BCUT2D eigenvalue weighted by atomic mass is 16.5. The SMILES string of the molecule is CCOC(=O)c1ccc(CC(=O)[C@H](Cc2ccccc2)NN)cc1. The number of ketones is 1. The van der Waals surface area contributed by atoms with E-state index < -0.39 is 6.04 Å². The number of nitrogens with two attached hydrogens (primary N) is 1. The average molecular weight is 326 g/mol. The molecule has 2 rings (SSSR count). The summed E-state index contributed by atoms with van der Waals surface area (Å²) in [5.74, 6) is 5.18. The maximum atomic E-state index is 12.4. The van der Waals surface area contributed by atoms with Gasteiger partial charge in [0.15, 0.2) is 5.78 Å². The lowest BCUT2D eigenvalue weighted by Crippen LogP contribution is -2.43. The second-order valence-corrected chi connectivity index (χ2v) is 5.47. The highest BCUT2D eigenvalue weighted by Gasteiger charge is 2.18. The van der Waals surface area contributed by atoms with Gasteiger partial charge in [-0.2, -0.15) is 0 Å². The molecule has 0 saturated heterocycles. The van der Waals surface area contributed by atoms with E-state index in [1.807, 2.05) is 30.3 Å². The predicted molar refractivity (Wildman–Crippen MR) is 92.4 cm³/mol. The topological polar surface area (TPSA) is 81.4 Å². The van der Waals surface area contributed by atoms with Crippen LogP contribution in [-0.2, 0) is 22.4 Å². The molecule has 0 amide bonds. The third-order valence-electron chi connectivity index (χ3n) is 3.72. The van der Waals surface area contributed by atoms with Crippen molar-refractivity contribution in [3.05, 3.63) is 71.3 Å². The third-order valence-corrected chi connectivity index (χ3v) is 3.72. The Morgan fingerprint density at radius 1 is 1.04 bits per heavy atom. The van der Waals surface area contributed by atoms with Crippen LogP contribution in [-0.4, -0.2) is 24.4 Å². The van der Waals surface area contributed by atoms with Crippen LogP contribution in [0.5, 0.6) is 0 Å². The molecule has 5 heteroatoms. The summed E-state index contributed by atoms with van der Waals surface area (Å²) < 4.78 is 4.94. The van der Waals surface area contributed by atoms with Gasteiger partial charge in [-0.25, -0.2) is 10.2 Å². The quantitative estimate of drug-likeness (QED) is 0.441. The van der Waals surface area contributed by atoms with Crippen LogP contribution in [0.1, 0.15) is 28.4 Å². The Bertz CT molecular complexity index is 669. The molecular weight excluding hydrogens is 304 g/mol. The zero-order valence-electron chi connectivity index (χ0n) is 13.7. The Morgan fingerprint density at radius 3 is 2.29 bits per heavy atom. The number of benzene rings is 2. The molecule has 0 aliphatic carbocycles. The molecular formula is C19H22N2O3. The van der Waals surface area contributed by atoms with Crippen LogP contribution in [0.2, 0.25) is 0 Å². The van der Waals surface area contributed by atoms with E-state index >= 15 is 0 Å². The van der Waals surface area contributed by atoms with Gasteiger partial charge in [0.25, 0.3) is 0 Å². The number of hydrazine groups is 1. The van der Waals surface area contributed by atoms with E-state index in [0.29, 0.717) is 18.6 Å². The zero-order valence-corrected chi connectivity index (χ0v) is 13.7. The number of nitrogens with one attached hydrogen (secondary N) is 1. The average Bonchev–Trinajstić information content (AvgIpc) is 2.61. The van der Waals surface area contributed by atoms with E-state index in [9.17, 15) is 9.59 Å². The van der Waals surface area contributed by atoms with Gasteiger partial charge in [-0.1, -0.05) is 42.5 Å². The molecule has 0 radical (unpaired) electrons. The van der Waals surface area contributed by atoms with Gasteiger partial charge in [-0.15, -0.1) is 0 Å². The van der Waals surface area contributed by atoms with Gasteiger partial charge in [0, 0.05) is 6.42 Å². The van der Waals surface area contributed by atoms with E-state index in [-0.39, 0.29) is 18.2 Å². The number of esters is 1. The van der Waals surface area contributed by atoms with Crippen LogP contribution in [0.3, 0.4) is 0 Å². The maximum Gasteiger partial charge on any atom is 0.338 e. The number of hydrogen-bond acceptors (Lipinski definition) is 5. The lowest BCUT2D eigenvalue weighted by atomic mass is 9.98. The zero-order chi connectivity index (χ0) is 17.4.